The minimum Gasteiger partial charge on any atom is -0.305 e. The lowest BCUT2D eigenvalue weighted by molar-refractivity contribution is 0.102. The molecule has 2 aromatic heterocycles. The molecule has 0 aromatic carbocycles. The third-order valence-electron chi connectivity index (χ3n) is 1.92. The monoisotopic (exact) mass is 311 g/mol. The summed E-state index contributed by atoms with van der Waals surface area (Å²) in [5.74, 6) is 0.0690. The number of hydrogen-bond acceptors (Lipinski definition) is 3. The van der Waals surface area contributed by atoms with Gasteiger partial charge in [0.05, 0.1) is 0 Å². The summed E-state index contributed by atoms with van der Waals surface area (Å²) < 4.78 is 0.815. The van der Waals surface area contributed by atoms with Crippen LogP contribution in [0.25, 0.3) is 0 Å². The minimum atomic E-state index is -0.327. The average molecular weight is 313 g/mol. The first-order chi connectivity index (χ1) is 8.15. The molecule has 4 nitrogen and oxygen atoms in total. The van der Waals surface area contributed by atoms with Crippen molar-refractivity contribution in [3.8, 4) is 0 Å². The Balaban J connectivity index is 2.14. The lowest BCUT2D eigenvalue weighted by Crippen LogP contribution is -2.14. The Bertz CT molecular complexity index is 545. The van der Waals surface area contributed by atoms with Gasteiger partial charge in [0.1, 0.15) is 16.7 Å². The molecule has 0 radical (unpaired) electrons. The van der Waals surface area contributed by atoms with Crippen molar-refractivity contribution in [2.45, 2.75) is 0 Å². The molecule has 2 heterocycles. The second-order valence-electron chi connectivity index (χ2n) is 3.16. The van der Waals surface area contributed by atoms with Crippen molar-refractivity contribution in [3.63, 3.8) is 0 Å². The summed E-state index contributed by atoms with van der Waals surface area (Å²) in [7, 11) is 0. The van der Waals surface area contributed by atoms with E-state index >= 15 is 0 Å². The first-order valence-corrected chi connectivity index (χ1v) is 5.88. The molecular weight excluding hydrogens is 305 g/mol. The van der Waals surface area contributed by atoms with Crippen LogP contribution in [0, 0.1) is 0 Å². The van der Waals surface area contributed by atoms with Crippen LogP contribution >= 0.6 is 27.5 Å². The molecule has 0 aliphatic heterocycles. The molecular formula is C11H7BrClN3O. The van der Waals surface area contributed by atoms with Gasteiger partial charge in [0.25, 0.3) is 5.91 Å². The highest BCUT2D eigenvalue weighted by Crippen LogP contribution is 2.11. The second kappa shape index (κ2) is 5.25. The zero-order valence-electron chi connectivity index (χ0n) is 8.52. The van der Waals surface area contributed by atoms with Gasteiger partial charge in [-0.2, -0.15) is 0 Å². The molecule has 2 rings (SSSR count). The maximum Gasteiger partial charge on any atom is 0.275 e. The quantitative estimate of drug-likeness (QED) is 0.867. The molecule has 0 atom stereocenters. The lowest BCUT2D eigenvalue weighted by atomic mass is 10.3. The number of carbonyl (C=O) groups is 1. The van der Waals surface area contributed by atoms with Crippen molar-refractivity contribution in [1.29, 1.82) is 0 Å². The van der Waals surface area contributed by atoms with E-state index in [1.54, 1.807) is 36.5 Å². The molecule has 1 N–H and O–H groups in total. The van der Waals surface area contributed by atoms with Crippen LogP contribution in [0.1, 0.15) is 10.5 Å². The number of nitrogens with zero attached hydrogens (tertiary/aromatic N) is 2. The molecule has 6 heteroatoms. The van der Waals surface area contributed by atoms with E-state index in [9.17, 15) is 4.79 Å². The van der Waals surface area contributed by atoms with Crippen molar-refractivity contribution >= 4 is 39.3 Å². The molecule has 0 aliphatic rings. The number of carbonyl (C=O) groups excluding carboxylic acids is 1. The summed E-state index contributed by atoms with van der Waals surface area (Å²) in [6.45, 7) is 0. The summed E-state index contributed by atoms with van der Waals surface area (Å²) in [6, 6.07) is 8.36. The molecule has 0 unspecified atom stereocenters. The number of nitrogens with one attached hydrogen (secondary N) is 1. The molecule has 2 aromatic rings. The van der Waals surface area contributed by atoms with Crippen molar-refractivity contribution < 1.29 is 4.79 Å². The number of halogens is 2. The van der Waals surface area contributed by atoms with Gasteiger partial charge in [0, 0.05) is 10.7 Å². The predicted octanol–water partition coefficient (Wildman–Crippen LogP) is 3.14. The molecule has 0 saturated heterocycles. The largest absolute Gasteiger partial charge is 0.305 e. The van der Waals surface area contributed by atoms with Crippen LogP contribution in [0.4, 0.5) is 5.82 Å². The number of aromatic nitrogens is 2. The molecule has 17 heavy (non-hydrogen) atoms. The fraction of sp³-hybridized carbons (Fsp3) is 0. The van der Waals surface area contributed by atoms with E-state index in [2.05, 4.69) is 31.2 Å². The summed E-state index contributed by atoms with van der Waals surface area (Å²) in [5, 5.41) is 2.93. The first kappa shape index (κ1) is 12.0. The third-order valence-corrected chi connectivity index (χ3v) is 2.60. The molecule has 0 saturated carbocycles. The zero-order chi connectivity index (χ0) is 12.3. The number of pyridine rings is 2. The molecule has 0 aliphatic carbocycles. The Labute approximate surface area is 111 Å². The zero-order valence-corrected chi connectivity index (χ0v) is 10.9. The van der Waals surface area contributed by atoms with Crippen LogP contribution in [0.15, 0.2) is 41.0 Å². The summed E-state index contributed by atoms with van der Waals surface area (Å²) >= 11 is 8.96. The Morgan fingerprint density at radius 2 is 2.12 bits per heavy atom. The second-order valence-corrected chi connectivity index (χ2v) is 4.46. The van der Waals surface area contributed by atoms with Crippen LogP contribution in [-0.2, 0) is 0 Å². The van der Waals surface area contributed by atoms with Gasteiger partial charge in [0.2, 0.25) is 0 Å². The maximum atomic E-state index is 11.8. The van der Waals surface area contributed by atoms with Gasteiger partial charge in [0.15, 0.2) is 0 Å². The van der Waals surface area contributed by atoms with Crippen LogP contribution in [0.2, 0.25) is 5.15 Å². The molecule has 86 valence electrons. The van der Waals surface area contributed by atoms with E-state index in [0.29, 0.717) is 16.7 Å². The van der Waals surface area contributed by atoms with E-state index in [4.69, 9.17) is 11.6 Å². The summed E-state index contributed by atoms with van der Waals surface area (Å²) in [5.41, 5.74) is 0.315. The van der Waals surface area contributed by atoms with Gasteiger partial charge in [-0.3, -0.25) is 4.79 Å². The first-order valence-electron chi connectivity index (χ1n) is 4.70. The van der Waals surface area contributed by atoms with Gasteiger partial charge in [-0.05, 0) is 40.2 Å². The summed E-state index contributed by atoms with van der Waals surface area (Å²) in [4.78, 5) is 19.7. The number of amides is 1. The van der Waals surface area contributed by atoms with E-state index in [-0.39, 0.29) is 5.91 Å². The topological polar surface area (TPSA) is 54.9 Å². The Hall–Kier alpha value is -1.46. The van der Waals surface area contributed by atoms with Gasteiger partial charge in [-0.25, -0.2) is 9.97 Å². The molecule has 0 spiro atoms. The van der Waals surface area contributed by atoms with Crippen LogP contribution in [-0.4, -0.2) is 15.9 Å². The van der Waals surface area contributed by atoms with Crippen LogP contribution in [0.3, 0.4) is 0 Å². The molecule has 0 fully saturated rings. The molecule has 1 amide bonds. The molecule has 0 bridgehead atoms. The number of rotatable bonds is 2. The minimum absolute atomic E-state index is 0.315. The standard InChI is InChI=1S/C11H7BrClN3O/c12-7-4-5-8(14-6-7)11(17)16-10-3-1-2-9(13)15-10/h1-6H,(H,15,16,17). The smallest absolute Gasteiger partial charge is 0.275 e. The van der Waals surface area contributed by atoms with Crippen molar-refractivity contribution in [1.82, 2.24) is 9.97 Å². The number of hydrogen-bond donors (Lipinski definition) is 1. The van der Waals surface area contributed by atoms with Crippen LogP contribution < -0.4 is 5.32 Å². The van der Waals surface area contributed by atoms with Gasteiger partial charge >= 0.3 is 0 Å². The highest BCUT2D eigenvalue weighted by molar-refractivity contribution is 9.10. The fourth-order valence-electron chi connectivity index (χ4n) is 1.17. The Morgan fingerprint density at radius 1 is 1.29 bits per heavy atom. The van der Waals surface area contributed by atoms with Crippen molar-refractivity contribution in [2.24, 2.45) is 0 Å². The van der Waals surface area contributed by atoms with E-state index in [1.165, 1.54) is 0 Å². The third kappa shape index (κ3) is 3.25. The summed E-state index contributed by atoms with van der Waals surface area (Å²) in [6.07, 6.45) is 1.56. The SMILES string of the molecule is O=C(Nc1cccc(Cl)n1)c1ccc(Br)cn1. The van der Waals surface area contributed by atoms with Gasteiger partial charge in [-0.1, -0.05) is 17.7 Å². The lowest BCUT2D eigenvalue weighted by Gasteiger charge is -2.03. The highest BCUT2D eigenvalue weighted by atomic mass is 79.9. The Morgan fingerprint density at radius 3 is 2.76 bits per heavy atom. The fourth-order valence-corrected chi connectivity index (χ4v) is 1.57. The van der Waals surface area contributed by atoms with Crippen molar-refractivity contribution in [3.05, 3.63) is 51.8 Å². The van der Waals surface area contributed by atoms with Crippen LogP contribution in [0.5, 0.6) is 0 Å². The number of anilines is 1. The average Bonchev–Trinajstić information content (AvgIpc) is 2.29. The Kier molecular flexibility index (Phi) is 3.71. The normalized spacial score (nSPS) is 10.0. The van der Waals surface area contributed by atoms with Gasteiger partial charge in [-0.15, -0.1) is 0 Å². The highest BCUT2D eigenvalue weighted by Gasteiger charge is 2.07. The van der Waals surface area contributed by atoms with Crippen molar-refractivity contribution in [2.75, 3.05) is 5.32 Å². The van der Waals surface area contributed by atoms with E-state index in [1.807, 2.05) is 0 Å². The predicted molar refractivity (Wildman–Crippen MR) is 69.1 cm³/mol. The van der Waals surface area contributed by atoms with E-state index < -0.39 is 0 Å². The van der Waals surface area contributed by atoms with E-state index in [0.717, 1.165) is 4.47 Å². The van der Waals surface area contributed by atoms with Gasteiger partial charge < -0.3 is 5.32 Å². The maximum absolute atomic E-state index is 11.8.